The van der Waals surface area contributed by atoms with E-state index in [0.717, 1.165) is 70.6 Å². The Morgan fingerprint density at radius 1 is 0.575 bits per heavy atom. The van der Waals surface area contributed by atoms with Gasteiger partial charge >= 0.3 is 11.9 Å². The van der Waals surface area contributed by atoms with Crippen LogP contribution in [0.3, 0.4) is 0 Å². The minimum Gasteiger partial charge on any atom is -0.481 e. The number of hydrogen-bond donors (Lipinski definition) is 1. The van der Waals surface area contributed by atoms with Crippen LogP contribution >= 0.6 is 0 Å². The minimum absolute atomic E-state index is 0.00348. The Balaban J connectivity index is 3.51. The van der Waals surface area contributed by atoms with E-state index in [0.29, 0.717) is 12.8 Å². The lowest BCUT2D eigenvalue weighted by Crippen LogP contribution is -2.18. The number of unbranched alkanes of at least 4 members (excludes halogenated alkanes) is 12. The first kappa shape index (κ1) is 37.9. The van der Waals surface area contributed by atoms with Gasteiger partial charge in [-0.05, 0) is 70.6 Å². The molecule has 0 rings (SSSR count). The molecule has 0 amide bonds. The number of aliphatic carboxylic acids is 1. The molecule has 0 saturated heterocycles. The zero-order chi connectivity index (χ0) is 29.4. The van der Waals surface area contributed by atoms with Gasteiger partial charge in [0.25, 0.3) is 0 Å². The van der Waals surface area contributed by atoms with Crippen molar-refractivity contribution in [3.05, 3.63) is 48.6 Å². The van der Waals surface area contributed by atoms with E-state index in [1.54, 1.807) is 0 Å². The van der Waals surface area contributed by atoms with Gasteiger partial charge in [0.1, 0.15) is 6.10 Å². The highest BCUT2D eigenvalue weighted by molar-refractivity contribution is 5.69. The largest absolute Gasteiger partial charge is 0.481 e. The van der Waals surface area contributed by atoms with Gasteiger partial charge in [0.05, 0.1) is 0 Å². The van der Waals surface area contributed by atoms with Gasteiger partial charge in [0, 0.05) is 12.8 Å². The van der Waals surface area contributed by atoms with Gasteiger partial charge in [0.2, 0.25) is 0 Å². The molecule has 0 aromatic carbocycles. The van der Waals surface area contributed by atoms with Crippen LogP contribution < -0.4 is 0 Å². The zero-order valence-corrected chi connectivity index (χ0v) is 26.1. The third-order valence-electron chi connectivity index (χ3n) is 7.05. The molecule has 4 nitrogen and oxygen atoms in total. The Morgan fingerprint density at radius 3 is 1.60 bits per heavy atom. The van der Waals surface area contributed by atoms with Crippen LogP contribution in [-0.4, -0.2) is 23.1 Å². The van der Waals surface area contributed by atoms with Crippen LogP contribution in [0.2, 0.25) is 0 Å². The van der Waals surface area contributed by atoms with Gasteiger partial charge in [0.15, 0.2) is 0 Å². The lowest BCUT2D eigenvalue weighted by Gasteiger charge is -2.17. The van der Waals surface area contributed by atoms with Crippen molar-refractivity contribution in [2.75, 3.05) is 0 Å². The highest BCUT2D eigenvalue weighted by atomic mass is 16.5. The molecule has 0 saturated carbocycles. The highest BCUT2D eigenvalue weighted by Crippen LogP contribution is 2.16. The molecule has 0 aliphatic heterocycles. The zero-order valence-electron chi connectivity index (χ0n) is 26.1. The van der Waals surface area contributed by atoms with Crippen molar-refractivity contribution < 1.29 is 19.4 Å². The second-order valence-electron chi connectivity index (χ2n) is 11.0. The summed E-state index contributed by atoms with van der Waals surface area (Å²) in [6.07, 6.45) is 42.0. The van der Waals surface area contributed by atoms with E-state index in [9.17, 15) is 9.59 Å². The lowest BCUT2D eigenvalue weighted by molar-refractivity contribution is -0.150. The van der Waals surface area contributed by atoms with E-state index in [-0.39, 0.29) is 18.5 Å². The van der Waals surface area contributed by atoms with E-state index in [1.807, 2.05) is 0 Å². The summed E-state index contributed by atoms with van der Waals surface area (Å²) in [5.74, 6) is -0.796. The maximum atomic E-state index is 12.2. The summed E-state index contributed by atoms with van der Waals surface area (Å²) in [6.45, 7) is 4.27. The van der Waals surface area contributed by atoms with Crippen LogP contribution in [0.15, 0.2) is 48.6 Å². The van der Waals surface area contributed by atoms with E-state index in [4.69, 9.17) is 9.84 Å². The molecule has 0 bridgehead atoms. The van der Waals surface area contributed by atoms with Gasteiger partial charge in [-0.1, -0.05) is 127 Å². The molecule has 0 fully saturated rings. The third-order valence-corrected chi connectivity index (χ3v) is 7.05. The van der Waals surface area contributed by atoms with Gasteiger partial charge in [-0.25, -0.2) is 0 Å². The van der Waals surface area contributed by atoms with Crippen molar-refractivity contribution in [2.45, 2.75) is 168 Å². The van der Waals surface area contributed by atoms with Crippen molar-refractivity contribution in [3.63, 3.8) is 0 Å². The Hall–Kier alpha value is -2.10. The number of hydrogen-bond acceptors (Lipinski definition) is 3. The number of esters is 1. The maximum absolute atomic E-state index is 12.2. The highest BCUT2D eigenvalue weighted by Gasteiger charge is 2.13. The fourth-order valence-corrected chi connectivity index (χ4v) is 4.70. The standard InChI is InChI=1S/C36H62O4/c1-3-5-6-7-8-9-10-11-12-13-14-15-16-17-18-19-20-21-22-23-24-25-29-33-36(39)40-34(30-4-2)31-27-26-28-32-35(37)38/h5-6,8-9,11-12,14-15,34H,3-4,7,10,13,16-33H2,1-2H3,(H,37,38)/b6-5-,9-8-,12-11-,15-14-. The molecule has 1 atom stereocenters. The number of carboxylic acids is 1. The van der Waals surface area contributed by atoms with Gasteiger partial charge in [-0.3, -0.25) is 9.59 Å². The Kier molecular flexibility index (Phi) is 29.8. The fraction of sp³-hybridized carbons (Fsp3) is 0.722. The summed E-state index contributed by atoms with van der Waals surface area (Å²) in [5, 5.41) is 8.72. The molecule has 40 heavy (non-hydrogen) atoms. The first-order valence-corrected chi connectivity index (χ1v) is 16.6. The number of carbonyl (C=O) groups is 2. The van der Waals surface area contributed by atoms with Crippen LogP contribution in [0.25, 0.3) is 0 Å². The van der Waals surface area contributed by atoms with Gasteiger partial charge in [-0.2, -0.15) is 0 Å². The third kappa shape index (κ3) is 30.4. The van der Waals surface area contributed by atoms with Gasteiger partial charge in [-0.15, -0.1) is 0 Å². The smallest absolute Gasteiger partial charge is 0.306 e. The molecule has 1 unspecified atom stereocenters. The molecule has 0 aliphatic rings. The molecule has 0 heterocycles. The first-order valence-electron chi connectivity index (χ1n) is 16.6. The Labute approximate surface area is 247 Å². The second-order valence-corrected chi connectivity index (χ2v) is 11.0. The van der Waals surface area contributed by atoms with Gasteiger partial charge < -0.3 is 9.84 Å². The molecule has 0 radical (unpaired) electrons. The molecule has 230 valence electrons. The average Bonchev–Trinajstić information content (AvgIpc) is 2.93. The maximum Gasteiger partial charge on any atom is 0.306 e. The summed E-state index contributed by atoms with van der Waals surface area (Å²) in [5.41, 5.74) is 0. The quantitative estimate of drug-likeness (QED) is 0.0563. The number of allylic oxidation sites excluding steroid dienone is 8. The van der Waals surface area contributed by atoms with Crippen molar-refractivity contribution >= 4 is 11.9 Å². The van der Waals surface area contributed by atoms with Crippen LogP contribution in [0.5, 0.6) is 0 Å². The molecule has 0 spiro atoms. The molecular formula is C36H62O4. The van der Waals surface area contributed by atoms with E-state index in [2.05, 4.69) is 62.5 Å². The SMILES string of the molecule is CC/C=C\C/C=C\C/C=C\C/C=C\CCCCCCCCCCCCC(=O)OC(CCC)CCCCCC(=O)O. The average molecular weight is 559 g/mol. The number of carbonyl (C=O) groups excluding carboxylic acids is 1. The number of rotatable bonds is 29. The summed E-state index contributed by atoms with van der Waals surface area (Å²) < 4.78 is 5.70. The Bertz CT molecular complexity index is 689. The van der Waals surface area contributed by atoms with Crippen LogP contribution in [0, 0.1) is 0 Å². The van der Waals surface area contributed by atoms with Crippen molar-refractivity contribution in [2.24, 2.45) is 0 Å². The van der Waals surface area contributed by atoms with Crippen molar-refractivity contribution in [1.29, 1.82) is 0 Å². The van der Waals surface area contributed by atoms with Crippen LogP contribution in [0.4, 0.5) is 0 Å². The minimum atomic E-state index is -0.735. The lowest BCUT2D eigenvalue weighted by atomic mass is 10.0. The molecule has 4 heteroatoms. The molecule has 0 aliphatic carbocycles. The van der Waals surface area contributed by atoms with Crippen molar-refractivity contribution in [3.8, 4) is 0 Å². The monoisotopic (exact) mass is 558 g/mol. The van der Waals surface area contributed by atoms with E-state index >= 15 is 0 Å². The molecular weight excluding hydrogens is 496 g/mol. The van der Waals surface area contributed by atoms with E-state index in [1.165, 1.54) is 57.8 Å². The predicted molar refractivity (Wildman–Crippen MR) is 172 cm³/mol. The summed E-state index contributed by atoms with van der Waals surface area (Å²) in [6, 6.07) is 0. The summed E-state index contributed by atoms with van der Waals surface area (Å²) in [4.78, 5) is 22.8. The molecule has 1 N–H and O–H groups in total. The summed E-state index contributed by atoms with van der Waals surface area (Å²) >= 11 is 0. The molecule has 0 aromatic heterocycles. The summed E-state index contributed by atoms with van der Waals surface area (Å²) in [7, 11) is 0. The van der Waals surface area contributed by atoms with E-state index < -0.39 is 5.97 Å². The molecule has 0 aromatic rings. The first-order chi connectivity index (χ1) is 19.6. The topological polar surface area (TPSA) is 63.6 Å². The Morgan fingerprint density at radius 2 is 1.05 bits per heavy atom. The predicted octanol–water partition coefficient (Wildman–Crippen LogP) is 11.2. The number of ether oxygens (including phenoxy) is 1. The fourth-order valence-electron chi connectivity index (χ4n) is 4.70. The van der Waals surface area contributed by atoms with Crippen LogP contribution in [0.1, 0.15) is 162 Å². The number of carboxylic acid groups (broad SMARTS) is 1. The van der Waals surface area contributed by atoms with Crippen LogP contribution in [-0.2, 0) is 14.3 Å². The normalized spacial score (nSPS) is 12.8. The van der Waals surface area contributed by atoms with Crippen molar-refractivity contribution in [1.82, 2.24) is 0 Å². The second kappa shape index (κ2) is 31.4.